The molecule has 4 heteroatoms. The van der Waals surface area contributed by atoms with Crippen molar-refractivity contribution in [2.75, 3.05) is 6.54 Å². The summed E-state index contributed by atoms with van der Waals surface area (Å²) in [5, 5.41) is 6.86. The number of allylic oxidation sites excluding steroid dienone is 4. The number of rotatable bonds is 15. The number of nitrogens with zero attached hydrogens (tertiary/aromatic N) is 1. The van der Waals surface area contributed by atoms with Crippen LogP contribution in [0, 0.1) is 46.8 Å². The van der Waals surface area contributed by atoms with E-state index in [4.69, 9.17) is 5.73 Å². The maximum atomic E-state index is 5.54. The van der Waals surface area contributed by atoms with Crippen LogP contribution < -0.4 is 16.4 Å². The number of fused-ring (bicyclic) bond motifs is 2. The Morgan fingerprint density at radius 1 is 0.926 bits per heavy atom. The highest BCUT2D eigenvalue weighted by molar-refractivity contribution is 5.34. The van der Waals surface area contributed by atoms with Gasteiger partial charge < -0.3 is 21.3 Å². The molecule has 3 aliphatic carbocycles. The molecule has 54 heavy (non-hydrogen) atoms. The number of hydrogen-bond acceptors (Lipinski definition) is 4. The highest BCUT2D eigenvalue weighted by Gasteiger charge is 2.67. The highest BCUT2D eigenvalue weighted by Crippen LogP contribution is 2.66. The zero-order valence-corrected chi connectivity index (χ0v) is 37.4. The van der Waals surface area contributed by atoms with Gasteiger partial charge >= 0.3 is 0 Å². The first kappa shape index (κ1) is 47.0. The van der Waals surface area contributed by atoms with E-state index in [1.165, 1.54) is 49.9 Å². The minimum Gasteiger partial charge on any atom is -0.399 e. The van der Waals surface area contributed by atoms with Gasteiger partial charge in [0.25, 0.3) is 0 Å². The van der Waals surface area contributed by atoms with E-state index in [9.17, 15) is 0 Å². The molecule has 1 aliphatic heterocycles. The first-order valence-corrected chi connectivity index (χ1v) is 21.2. The maximum Gasteiger partial charge on any atom is 0.0531 e. The van der Waals surface area contributed by atoms with Crippen molar-refractivity contribution in [1.29, 1.82) is 0 Å². The summed E-state index contributed by atoms with van der Waals surface area (Å²) in [6.45, 7) is 54.2. The van der Waals surface area contributed by atoms with Crippen LogP contribution in [0.3, 0.4) is 0 Å². The second-order valence-electron chi connectivity index (χ2n) is 19.0. The van der Waals surface area contributed by atoms with Crippen LogP contribution in [0.2, 0.25) is 0 Å². The zero-order chi connectivity index (χ0) is 41.3. The Morgan fingerprint density at radius 2 is 1.46 bits per heavy atom. The fourth-order valence-electron chi connectivity index (χ4n) is 8.75. The van der Waals surface area contributed by atoms with Gasteiger partial charge in [-0.25, -0.2) is 0 Å². The van der Waals surface area contributed by atoms with E-state index < -0.39 is 0 Å². The Bertz CT molecular complexity index is 1420. The second-order valence-corrected chi connectivity index (χ2v) is 19.0. The van der Waals surface area contributed by atoms with Gasteiger partial charge in [-0.1, -0.05) is 138 Å². The fourth-order valence-corrected chi connectivity index (χ4v) is 8.75. The Kier molecular flexibility index (Phi) is 17.5. The normalized spacial score (nSPS) is 22.3. The third kappa shape index (κ3) is 13.6. The molecule has 304 valence electrons. The van der Waals surface area contributed by atoms with Gasteiger partial charge in [-0.2, -0.15) is 0 Å². The summed E-state index contributed by atoms with van der Waals surface area (Å²) in [6, 6.07) is 9.93. The van der Waals surface area contributed by atoms with Crippen molar-refractivity contribution >= 4 is 0 Å². The number of piperidine rings is 1. The molecular weight excluding hydrogens is 657 g/mol. The van der Waals surface area contributed by atoms with Crippen molar-refractivity contribution in [2.45, 2.75) is 153 Å². The largest absolute Gasteiger partial charge is 0.399 e. The summed E-state index contributed by atoms with van der Waals surface area (Å²) in [7, 11) is 0. The number of benzene rings is 1. The molecule has 1 aromatic rings. The summed E-state index contributed by atoms with van der Waals surface area (Å²) >= 11 is 0. The van der Waals surface area contributed by atoms with Crippen LogP contribution >= 0.6 is 0 Å². The van der Waals surface area contributed by atoms with Crippen LogP contribution in [0.5, 0.6) is 0 Å². The van der Waals surface area contributed by atoms with Crippen LogP contribution in [-0.2, 0) is 12.8 Å². The third-order valence-electron chi connectivity index (χ3n) is 12.3. The lowest BCUT2D eigenvalue weighted by molar-refractivity contribution is 0.216. The summed E-state index contributed by atoms with van der Waals surface area (Å²) in [5.41, 5.74) is 15.7. The van der Waals surface area contributed by atoms with Crippen LogP contribution in [-0.4, -0.2) is 29.1 Å². The summed E-state index contributed by atoms with van der Waals surface area (Å²) in [5.74, 6) is 4.92. The molecule has 0 aromatic heterocycles. The SMILES string of the molecule is C=C(C)C1C2C(CN1C(=C)C(C)C1Cc3ccccc3C1)C2(C)C.C=C(C)NC(CCC(=C)NC(C)(C)C)C(C)C.C=C(N)C(=C)C(C)CC1CC1.CC. The third-order valence-corrected chi connectivity index (χ3v) is 12.3. The molecule has 0 radical (unpaired) electrons. The smallest absolute Gasteiger partial charge is 0.0531 e. The Balaban J connectivity index is 0.000000295. The number of likely N-dealkylation sites (tertiary alicyclic amines) is 1. The molecule has 1 aromatic carbocycles. The van der Waals surface area contributed by atoms with Crippen molar-refractivity contribution in [3.63, 3.8) is 0 Å². The van der Waals surface area contributed by atoms with Crippen molar-refractivity contribution in [3.05, 3.63) is 109 Å². The minimum absolute atomic E-state index is 0.103. The minimum atomic E-state index is 0.103. The topological polar surface area (TPSA) is 53.3 Å². The monoisotopic (exact) mass is 741 g/mol. The Morgan fingerprint density at radius 3 is 1.89 bits per heavy atom. The number of hydrogen-bond donors (Lipinski definition) is 3. The van der Waals surface area contributed by atoms with Gasteiger partial charge in [0.2, 0.25) is 0 Å². The van der Waals surface area contributed by atoms with Crippen LogP contribution in [0.4, 0.5) is 0 Å². The molecule has 0 bridgehead atoms. The predicted molar refractivity (Wildman–Crippen MR) is 240 cm³/mol. The van der Waals surface area contributed by atoms with Gasteiger partial charge in [0.15, 0.2) is 0 Å². The van der Waals surface area contributed by atoms with E-state index in [2.05, 4.69) is 149 Å². The van der Waals surface area contributed by atoms with Crippen LogP contribution in [0.25, 0.3) is 0 Å². The zero-order valence-electron chi connectivity index (χ0n) is 37.4. The maximum absolute atomic E-state index is 5.54. The Labute approximate surface area is 335 Å². The van der Waals surface area contributed by atoms with Gasteiger partial charge in [-0.05, 0) is 130 Å². The molecular formula is C50H84N4. The lowest BCUT2D eigenvalue weighted by Gasteiger charge is -2.38. The summed E-state index contributed by atoms with van der Waals surface area (Å²) < 4.78 is 0. The van der Waals surface area contributed by atoms with Gasteiger partial charge in [0.05, 0.1) is 6.04 Å². The molecule has 1 saturated heterocycles. The van der Waals surface area contributed by atoms with E-state index in [-0.39, 0.29) is 5.54 Å². The first-order chi connectivity index (χ1) is 25.0. The molecule has 3 fully saturated rings. The average Bonchev–Trinajstić information content (AvgIpc) is 3.83. The molecule has 4 aliphatic rings. The molecule has 1 heterocycles. The summed E-state index contributed by atoms with van der Waals surface area (Å²) in [6.07, 6.45) is 8.55. The highest BCUT2D eigenvalue weighted by atomic mass is 15.2. The van der Waals surface area contributed by atoms with Gasteiger partial charge in [-0.3, -0.25) is 0 Å². The van der Waals surface area contributed by atoms with Gasteiger partial charge in [0, 0.05) is 40.9 Å². The first-order valence-electron chi connectivity index (χ1n) is 21.2. The van der Waals surface area contributed by atoms with E-state index in [0.29, 0.717) is 46.9 Å². The van der Waals surface area contributed by atoms with Crippen molar-refractivity contribution in [2.24, 2.45) is 52.6 Å². The molecule has 5 rings (SSSR count). The van der Waals surface area contributed by atoms with E-state index >= 15 is 0 Å². The molecule has 2 saturated carbocycles. The Hall–Kier alpha value is -3.14. The molecule has 4 nitrogen and oxygen atoms in total. The average molecular weight is 741 g/mol. The number of nitrogens with two attached hydrogens (primary N) is 1. The molecule has 6 atom stereocenters. The number of nitrogens with one attached hydrogen (secondary N) is 2. The summed E-state index contributed by atoms with van der Waals surface area (Å²) in [4.78, 5) is 2.61. The fraction of sp³-hybridized carbons (Fsp3) is 0.640. The van der Waals surface area contributed by atoms with Gasteiger partial charge in [0.1, 0.15) is 0 Å². The van der Waals surface area contributed by atoms with Crippen molar-refractivity contribution in [3.8, 4) is 0 Å². The van der Waals surface area contributed by atoms with Crippen molar-refractivity contribution in [1.82, 2.24) is 15.5 Å². The van der Waals surface area contributed by atoms with Crippen LogP contribution in [0.1, 0.15) is 133 Å². The van der Waals surface area contributed by atoms with E-state index in [1.54, 1.807) is 11.1 Å². The molecule has 4 N–H and O–H groups in total. The standard InChI is InChI=1S/C23H31N.C15H30N2.C10H17N.C2H6/c1-14(2)22-21-20(23(21,5)6)13-24(22)16(4)15(3)19-11-17-9-7-8-10-18(17)12-19;1-11(2)14(16-12(3)4)10-9-13(5)17-15(6,7)8;1-7(6-10-4-5-10)8(2)9(3)11;1-2/h7-10,15,19-22H,1,4,11-13H2,2-3,5-6H3;11,14,16-17H,3,5,9-10H2,1-2,4,6-8H3;7,10H,2-6,11H2,1H3;1-2H3. The second kappa shape index (κ2) is 20.1. The molecule has 6 unspecified atom stereocenters. The lowest BCUT2D eigenvalue weighted by atomic mass is 9.87. The van der Waals surface area contributed by atoms with Crippen LogP contribution in [0.15, 0.2) is 97.7 Å². The van der Waals surface area contributed by atoms with E-state index in [1.807, 2.05) is 20.8 Å². The quantitative estimate of drug-likeness (QED) is 0.124. The van der Waals surface area contributed by atoms with E-state index in [0.717, 1.165) is 47.6 Å². The predicted octanol–water partition coefficient (Wildman–Crippen LogP) is 12.4. The molecule has 0 spiro atoms. The van der Waals surface area contributed by atoms with Gasteiger partial charge in [-0.15, -0.1) is 0 Å². The molecule has 0 amide bonds. The van der Waals surface area contributed by atoms with Crippen molar-refractivity contribution < 1.29 is 0 Å². The lowest BCUT2D eigenvalue weighted by Crippen LogP contribution is -2.39.